The zero-order valence-electron chi connectivity index (χ0n) is 15.6. The van der Waals surface area contributed by atoms with E-state index in [0.29, 0.717) is 26.7 Å². The van der Waals surface area contributed by atoms with Gasteiger partial charge in [-0.15, -0.1) is 11.3 Å². The number of aromatic nitrogens is 2. The molecule has 2 amide bonds. The van der Waals surface area contributed by atoms with Gasteiger partial charge in [0, 0.05) is 0 Å². The van der Waals surface area contributed by atoms with Crippen molar-refractivity contribution in [2.75, 3.05) is 11.1 Å². The number of nitrogens with two attached hydrogens (primary N) is 1. The Bertz CT molecular complexity index is 1300. The van der Waals surface area contributed by atoms with Gasteiger partial charge in [-0.05, 0) is 35.7 Å². The van der Waals surface area contributed by atoms with Crippen molar-refractivity contribution in [1.82, 2.24) is 9.55 Å². The van der Waals surface area contributed by atoms with E-state index in [-0.39, 0.29) is 22.8 Å². The van der Waals surface area contributed by atoms with Gasteiger partial charge in [-0.25, -0.2) is 4.98 Å². The SMILES string of the molecule is NC(=O)c1ccsc1NC(=O)CSc1nc2ccccc2c(=O)n1-c1ccccc1. The molecule has 0 radical (unpaired) electrons. The van der Waals surface area contributed by atoms with Gasteiger partial charge in [0.25, 0.3) is 11.5 Å². The van der Waals surface area contributed by atoms with Crippen LogP contribution >= 0.6 is 23.1 Å². The number of primary amides is 1. The molecule has 2 heterocycles. The molecule has 0 fully saturated rings. The number of para-hydroxylation sites is 2. The Labute approximate surface area is 179 Å². The Balaban J connectivity index is 1.65. The molecular formula is C21H16N4O3S2. The van der Waals surface area contributed by atoms with E-state index >= 15 is 0 Å². The number of thiophene rings is 1. The lowest BCUT2D eigenvalue weighted by molar-refractivity contribution is -0.113. The van der Waals surface area contributed by atoms with Gasteiger partial charge >= 0.3 is 0 Å². The number of rotatable bonds is 6. The predicted octanol–water partition coefficient (Wildman–Crippen LogP) is 3.28. The van der Waals surface area contributed by atoms with Crippen LogP contribution in [0.25, 0.3) is 16.6 Å². The highest BCUT2D eigenvalue weighted by atomic mass is 32.2. The van der Waals surface area contributed by atoms with Crippen molar-refractivity contribution in [3.05, 3.63) is 82.0 Å². The summed E-state index contributed by atoms with van der Waals surface area (Å²) in [5, 5.41) is 5.68. The van der Waals surface area contributed by atoms with Crippen LogP contribution in [0.2, 0.25) is 0 Å². The lowest BCUT2D eigenvalue weighted by Gasteiger charge is -2.13. The third kappa shape index (κ3) is 3.98. The molecule has 0 aliphatic rings. The van der Waals surface area contributed by atoms with Crippen LogP contribution in [-0.4, -0.2) is 27.1 Å². The first-order chi connectivity index (χ1) is 14.5. The van der Waals surface area contributed by atoms with Gasteiger partial charge in [-0.1, -0.05) is 42.1 Å². The zero-order chi connectivity index (χ0) is 21.1. The van der Waals surface area contributed by atoms with Gasteiger partial charge in [0.15, 0.2) is 5.16 Å². The molecule has 7 nitrogen and oxygen atoms in total. The molecule has 0 saturated heterocycles. The Morgan fingerprint density at radius 2 is 1.80 bits per heavy atom. The van der Waals surface area contributed by atoms with Crippen LogP contribution in [0, 0.1) is 0 Å². The fourth-order valence-corrected chi connectivity index (χ4v) is 4.53. The zero-order valence-corrected chi connectivity index (χ0v) is 17.2. The minimum Gasteiger partial charge on any atom is -0.366 e. The number of nitrogens with one attached hydrogen (secondary N) is 1. The maximum atomic E-state index is 13.1. The largest absolute Gasteiger partial charge is 0.366 e. The van der Waals surface area contributed by atoms with Crippen molar-refractivity contribution in [3.63, 3.8) is 0 Å². The van der Waals surface area contributed by atoms with Gasteiger partial charge in [0.1, 0.15) is 5.00 Å². The smallest absolute Gasteiger partial charge is 0.266 e. The summed E-state index contributed by atoms with van der Waals surface area (Å²) >= 11 is 2.36. The summed E-state index contributed by atoms with van der Waals surface area (Å²) in [5.74, 6) is -0.923. The number of thioether (sulfide) groups is 1. The molecule has 0 unspecified atom stereocenters. The van der Waals surface area contributed by atoms with E-state index in [0.717, 1.165) is 11.8 Å². The van der Waals surface area contributed by atoms with Crippen LogP contribution in [0.3, 0.4) is 0 Å². The summed E-state index contributed by atoms with van der Waals surface area (Å²) in [6.07, 6.45) is 0. The summed E-state index contributed by atoms with van der Waals surface area (Å²) < 4.78 is 1.50. The number of carbonyl (C=O) groups excluding carboxylic acids is 2. The molecule has 0 aliphatic heterocycles. The normalized spacial score (nSPS) is 10.8. The standard InChI is InChI=1S/C21H16N4O3S2/c22-18(27)15-10-11-29-19(15)24-17(26)12-30-21-23-16-9-5-4-8-14(16)20(28)25(21)13-6-2-1-3-7-13/h1-11H,12H2,(H2,22,27)(H,24,26). The average molecular weight is 437 g/mol. The van der Waals surface area contributed by atoms with E-state index in [4.69, 9.17) is 5.73 Å². The van der Waals surface area contributed by atoms with Gasteiger partial charge in [0.2, 0.25) is 5.91 Å². The van der Waals surface area contributed by atoms with E-state index in [1.165, 1.54) is 15.9 Å². The first-order valence-corrected chi connectivity index (χ1v) is 10.8. The molecular weight excluding hydrogens is 420 g/mol. The second-order valence-electron chi connectivity index (χ2n) is 6.25. The quantitative estimate of drug-likeness (QED) is 0.356. The number of fused-ring (bicyclic) bond motifs is 1. The highest BCUT2D eigenvalue weighted by Gasteiger charge is 2.16. The van der Waals surface area contributed by atoms with Crippen LogP contribution < -0.4 is 16.6 Å². The number of hydrogen-bond acceptors (Lipinski definition) is 6. The van der Waals surface area contributed by atoms with Crippen molar-refractivity contribution in [2.24, 2.45) is 5.73 Å². The molecule has 0 spiro atoms. The molecule has 0 aliphatic carbocycles. The molecule has 0 saturated carbocycles. The minimum atomic E-state index is -0.603. The van der Waals surface area contributed by atoms with E-state index in [1.807, 2.05) is 36.4 Å². The lowest BCUT2D eigenvalue weighted by Crippen LogP contribution is -2.23. The number of anilines is 1. The maximum absolute atomic E-state index is 13.1. The summed E-state index contributed by atoms with van der Waals surface area (Å²) in [6.45, 7) is 0. The molecule has 0 atom stereocenters. The Kier molecular flexibility index (Phi) is 5.64. The number of hydrogen-bond donors (Lipinski definition) is 2. The summed E-state index contributed by atoms with van der Waals surface area (Å²) in [4.78, 5) is 41.6. The fourth-order valence-electron chi connectivity index (χ4n) is 2.91. The molecule has 30 heavy (non-hydrogen) atoms. The van der Waals surface area contributed by atoms with E-state index < -0.39 is 5.91 Å². The van der Waals surface area contributed by atoms with Crippen LogP contribution in [0.5, 0.6) is 0 Å². The fraction of sp³-hybridized carbons (Fsp3) is 0.0476. The van der Waals surface area contributed by atoms with Crippen molar-refractivity contribution < 1.29 is 9.59 Å². The molecule has 0 bridgehead atoms. The van der Waals surface area contributed by atoms with Crippen molar-refractivity contribution in [2.45, 2.75) is 5.16 Å². The van der Waals surface area contributed by atoms with E-state index in [2.05, 4.69) is 10.3 Å². The van der Waals surface area contributed by atoms with Gasteiger partial charge < -0.3 is 11.1 Å². The van der Waals surface area contributed by atoms with Crippen LogP contribution in [0.1, 0.15) is 10.4 Å². The summed E-state index contributed by atoms with van der Waals surface area (Å²) in [6, 6.07) is 17.8. The lowest BCUT2D eigenvalue weighted by atomic mass is 10.2. The molecule has 3 N–H and O–H groups in total. The number of nitrogens with zero attached hydrogens (tertiary/aromatic N) is 2. The van der Waals surface area contributed by atoms with Crippen molar-refractivity contribution in [3.8, 4) is 5.69 Å². The monoisotopic (exact) mass is 436 g/mol. The maximum Gasteiger partial charge on any atom is 0.266 e. The van der Waals surface area contributed by atoms with Crippen molar-refractivity contribution >= 4 is 50.8 Å². The van der Waals surface area contributed by atoms with Gasteiger partial charge in [0.05, 0.1) is 27.9 Å². The Hall–Kier alpha value is -3.43. The molecule has 4 rings (SSSR count). The van der Waals surface area contributed by atoms with E-state index in [9.17, 15) is 14.4 Å². The topological polar surface area (TPSA) is 107 Å². The Morgan fingerprint density at radius 1 is 1.07 bits per heavy atom. The number of benzene rings is 2. The molecule has 9 heteroatoms. The average Bonchev–Trinajstić information content (AvgIpc) is 3.21. The number of amides is 2. The van der Waals surface area contributed by atoms with Gasteiger partial charge in [-0.3, -0.25) is 19.0 Å². The van der Waals surface area contributed by atoms with Crippen LogP contribution in [0.15, 0.2) is 76.0 Å². The molecule has 2 aromatic heterocycles. The second kappa shape index (κ2) is 8.52. The molecule has 150 valence electrons. The van der Waals surface area contributed by atoms with Crippen LogP contribution in [0.4, 0.5) is 5.00 Å². The minimum absolute atomic E-state index is 0.00765. The first-order valence-electron chi connectivity index (χ1n) is 8.92. The van der Waals surface area contributed by atoms with Crippen molar-refractivity contribution in [1.29, 1.82) is 0 Å². The molecule has 4 aromatic rings. The first kappa shape index (κ1) is 19.9. The highest BCUT2D eigenvalue weighted by Crippen LogP contribution is 2.25. The summed E-state index contributed by atoms with van der Waals surface area (Å²) in [5.41, 5.74) is 6.61. The number of carbonyl (C=O) groups is 2. The third-order valence-corrected chi connectivity index (χ3v) is 6.04. The Morgan fingerprint density at radius 3 is 2.57 bits per heavy atom. The summed E-state index contributed by atoms with van der Waals surface area (Å²) in [7, 11) is 0. The van der Waals surface area contributed by atoms with Gasteiger partial charge in [-0.2, -0.15) is 0 Å². The second-order valence-corrected chi connectivity index (χ2v) is 8.11. The van der Waals surface area contributed by atoms with Crippen LogP contribution in [-0.2, 0) is 4.79 Å². The molecule has 2 aromatic carbocycles. The van der Waals surface area contributed by atoms with E-state index in [1.54, 1.807) is 29.6 Å². The highest BCUT2D eigenvalue weighted by molar-refractivity contribution is 7.99. The third-order valence-electron chi connectivity index (χ3n) is 4.28. The predicted molar refractivity (Wildman–Crippen MR) is 120 cm³/mol.